The zero-order valence-corrected chi connectivity index (χ0v) is 20.1. The Kier molecular flexibility index (Phi) is 7.44. The molecule has 202 valence electrons. The number of rotatable bonds is 6. The number of allylic oxidation sites excluding steroid dienone is 1. The van der Waals surface area contributed by atoms with E-state index in [1.807, 2.05) is 0 Å². The van der Waals surface area contributed by atoms with E-state index in [1.54, 1.807) is 0 Å². The summed E-state index contributed by atoms with van der Waals surface area (Å²) in [6.45, 7) is 1.76. The van der Waals surface area contributed by atoms with Crippen molar-refractivity contribution in [1.82, 2.24) is 0 Å². The van der Waals surface area contributed by atoms with Gasteiger partial charge >= 0.3 is 11.9 Å². The van der Waals surface area contributed by atoms with Gasteiger partial charge in [-0.1, -0.05) is 6.07 Å². The van der Waals surface area contributed by atoms with Crippen LogP contribution in [0.1, 0.15) is 29.8 Å². The van der Waals surface area contributed by atoms with E-state index in [0.717, 1.165) is 13.8 Å². The molecule has 2 aliphatic rings. The average molecular weight is 532 g/mol. The number of carbonyl (C=O) groups is 3. The van der Waals surface area contributed by atoms with Crippen LogP contribution in [0.5, 0.6) is 28.7 Å². The van der Waals surface area contributed by atoms with Gasteiger partial charge in [0.05, 0.1) is 5.56 Å². The molecule has 13 nitrogen and oxygen atoms in total. The third kappa shape index (κ3) is 5.34. The van der Waals surface area contributed by atoms with Crippen molar-refractivity contribution in [1.29, 1.82) is 0 Å². The fraction of sp³-hybridized carbons (Fsp3) is 0.320. The monoisotopic (exact) mass is 532 g/mol. The standard InChI is InChI=1S/C25H24O13/c1-10(26)34-9-18-21(32)24(35-11(2)27)22(33)25(38-18)37-16-6-4-13-19(30)17(36-23(13)20(16)31)8-12-3-5-14(28)15(29)7-12/h3-8,18,21-22,24-25,28-29,31-33H,9H2,1-2H3/b17-8+/t18-,21+,22+,24-,25+/m0/s1. The number of ether oxygens (including phenoxy) is 5. The van der Waals surface area contributed by atoms with Crippen LogP contribution < -0.4 is 9.47 Å². The fourth-order valence-electron chi connectivity index (χ4n) is 3.89. The van der Waals surface area contributed by atoms with E-state index in [1.165, 1.54) is 36.4 Å². The SMILES string of the molecule is CC(=O)OC[C@@H]1O[C@@H](Oc2ccc3c(c2O)O/C(=C/c2ccc(O)c(O)c2)C3=O)[C@H](O)[C@@H](OC(C)=O)[C@@H]1O. The molecule has 2 aliphatic heterocycles. The molecule has 2 heterocycles. The molecule has 5 atom stereocenters. The Balaban J connectivity index is 1.58. The predicted octanol–water partition coefficient (Wildman–Crippen LogP) is 0.740. The highest BCUT2D eigenvalue weighted by atomic mass is 16.7. The van der Waals surface area contributed by atoms with Crippen LogP contribution in [0, 0.1) is 0 Å². The van der Waals surface area contributed by atoms with E-state index in [0.29, 0.717) is 5.56 Å². The molecule has 2 aromatic carbocycles. The molecule has 0 aliphatic carbocycles. The van der Waals surface area contributed by atoms with Crippen LogP contribution in [-0.2, 0) is 23.8 Å². The zero-order valence-electron chi connectivity index (χ0n) is 20.1. The summed E-state index contributed by atoms with van der Waals surface area (Å²) in [5.74, 6) is -4.15. The molecule has 2 aromatic rings. The molecule has 1 saturated heterocycles. The number of ketones is 1. The Morgan fingerprint density at radius 1 is 1.00 bits per heavy atom. The summed E-state index contributed by atoms with van der Waals surface area (Å²) in [7, 11) is 0. The van der Waals surface area contributed by atoms with Gasteiger partial charge in [-0.25, -0.2) is 0 Å². The molecule has 0 spiro atoms. The highest BCUT2D eigenvalue weighted by Gasteiger charge is 2.48. The van der Waals surface area contributed by atoms with E-state index in [9.17, 15) is 39.9 Å². The lowest BCUT2D eigenvalue weighted by molar-refractivity contribution is -0.282. The third-order valence-electron chi connectivity index (χ3n) is 5.71. The Hall–Kier alpha value is -4.33. The predicted molar refractivity (Wildman–Crippen MR) is 124 cm³/mol. The number of fused-ring (bicyclic) bond motifs is 1. The van der Waals surface area contributed by atoms with Gasteiger partial charge in [-0.05, 0) is 35.9 Å². The van der Waals surface area contributed by atoms with Crippen LogP contribution in [0.25, 0.3) is 6.08 Å². The first-order valence-corrected chi connectivity index (χ1v) is 11.3. The molecular weight excluding hydrogens is 508 g/mol. The number of Topliss-reactive ketones (excluding diaryl/α,β-unsaturated/α-hetero) is 1. The van der Waals surface area contributed by atoms with Gasteiger partial charge in [-0.2, -0.15) is 0 Å². The minimum absolute atomic E-state index is 0.00448. The highest BCUT2D eigenvalue weighted by molar-refractivity contribution is 6.15. The third-order valence-corrected chi connectivity index (χ3v) is 5.71. The molecule has 0 aromatic heterocycles. The summed E-state index contributed by atoms with van der Waals surface area (Å²) in [5.41, 5.74) is 0.329. The lowest BCUT2D eigenvalue weighted by atomic mass is 9.99. The van der Waals surface area contributed by atoms with Crippen molar-refractivity contribution < 1.29 is 63.6 Å². The van der Waals surface area contributed by atoms with Gasteiger partial charge in [-0.15, -0.1) is 0 Å². The van der Waals surface area contributed by atoms with Gasteiger partial charge in [0.1, 0.15) is 18.8 Å². The number of aliphatic hydroxyl groups excluding tert-OH is 2. The van der Waals surface area contributed by atoms with Crippen LogP contribution in [0.15, 0.2) is 36.1 Å². The second-order valence-corrected chi connectivity index (χ2v) is 8.50. The Morgan fingerprint density at radius 2 is 1.74 bits per heavy atom. The van der Waals surface area contributed by atoms with Crippen molar-refractivity contribution >= 4 is 23.8 Å². The summed E-state index contributed by atoms with van der Waals surface area (Å²) in [4.78, 5) is 35.5. The number of carbonyl (C=O) groups excluding carboxylic acids is 3. The van der Waals surface area contributed by atoms with Crippen molar-refractivity contribution in [3.05, 3.63) is 47.2 Å². The summed E-state index contributed by atoms with van der Waals surface area (Å²) >= 11 is 0. The lowest BCUT2D eigenvalue weighted by Crippen LogP contribution is -2.61. The Labute approximate surface area is 215 Å². The maximum atomic E-state index is 12.8. The van der Waals surface area contributed by atoms with Gasteiger partial charge in [-0.3, -0.25) is 14.4 Å². The van der Waals surface area contributed by atoms with E-state index >= 15 is 0 Å². The molecular formula is C25H24O13. The van der Waals surface area contributed by atoms with Crippen molar-refractivity contribution in [2.45, 2.75) is 44.6 Å². The molecule has 0 amide bonds. The molecule has 13 heteroatoms. The normalized spacial score (nSPS) is 25.4. The Bertz CT molecular complexity index is 1300. The highest BCUT2D eigenvalue weighted by Crippen LogP contribution is 2.45. The van der Waals surface area contributed by atoms with Crippen LogP contribution in [0.3, 0.4) is 0 Å². The van der Waals surface area contributed by atoms with Crippen LogP contribution in [0.2, 0.25) is 0 Å². The van der Waals surface area contributed by atoms with Crippen LogP contribution in [0.4, 0.5) is 0 Å². The summed E-state index contributed by atoms with van der Waals surface area (Å²) in [5, 5.41) is 51.1. The number of esters is 2. The average Bonchev–Trinajstić information content (AvgIpc) is 3.17. The Morgan fingerprint density at radius 3 is 2.39 bits per heavy atom. The fourth-order valence-corrected chi connectivity index (χ4v) is 3.89. The first kappa shape index (κ1) is 26.7. The van der Waals surface area contributed by atoms with E-state index in [-0.39, 0.29) is 28.6 Å². The second-order valence-electron chi connectivity index (χ2n) is 8.50. The molecule has 4 rings (SSSR count). The van der Waals surface area contributed by atoms with E-state index in [2.05, 4.69) is 0 Å². The topological polar surface area (TPSA) is 199 Å². The number of hydrogen-bond acceptors (Lipinski definition) is 13. The quantitative estimate of drug-likeness (QED) is 0.198. The molecule has 5 N–H and O–H groups in total. The van der Waals surface area contributed by atoms with Gasteiger partial charge in [0.15, 0.2) is 41.0 Å². The first-order chi connectivity index (χ1) is 18.0. The molecule has 1 fully saturated rings. The van der Waals surface area contributed by atoms with E-state index in [4.69, 9.17) is 23.7 Å². The molecule has 0 radical (unpaired) electrons. The van der Waals surface area contributed by atoms with Crippen molar-refractivity contribution in [3.63, 3.8) is 0 Å². The number of benzene rings is 2. The van der Waals surface area contributed by atoms with Crippen molar-refractivity contribution in [2.75, 3.05) is 6.61 Å². The van der Waals surface area contributed by atoms with Gasteiger partial charge in [0.25, 0.3) is 0 Å². The number of phenols is 3. The summed E-state index contributed by atoms with van der Waals surface area (Å²) < 4.78 is 26.5. The second kappa shape index (κ2) is 10.6. The largest absolute Gasteiger partial charge is 0.504 e. The maximum absolute atomic E-state index is 12.8. The number of aliphatic hydroxyl groups is 2. The molecule has 38 heavy (non-hydrogen) atoms. The van der Waals surface area contributed by atoms with Crippen LogP contribution in [-0.4, -0.2) is 80.6 Å². The van der Waals surface area contributed by atoms with Gasteiger partial charge in [0, 0.05) is 13.8 Å². The number of hydrogen-bond donors (Lipinski definition) is 5. The van der Waals surface area contributed by atoms with Crippen LogP contribution >= 0.6 is 0 Å². The number of aromatic hydroxyl groups is 3. The van der Waals surface area contributed by atoms with Gasteiger partial charge in [0.2, 0.25) is 17.8 Å². The molecule has 0 unspecified atom stereocenters. The number of phenolic OH excluding ortho intramolecular Hbond substituents is 3. The molecule has 0 saturated carbocycles. The zero-order chi connectivity index (χ0) is 27.7. The smallest absolute Gasteiger partial charge is 0.303 e. The lowest BCUT2D eigenvalue weighted by Gasteiger charge is -2.41. The van der Waals surface area contributed by atoms with E-state index < -0.39 is 66.5 Å². The minimum Gasteiger partial charge on any atom is -0.504 e. The summed E-state index contributed by atoms with van der Waals surface area (Å²) in [6.07, 6.45) is -6.40. The maximum Gasteiger partial charge on any atom is 0.303 e. The van der Waals surface area contributed by atoms with Crippen molar-refractivity contribution in [2.24, 2.45) is 0 Å². The first-order valence-electron chi connectivity index (χ1n) is 11.3. The minimum atomic E-state index is -1.73. The van der Waals surface area contributed by atoms with Crippen molar-refractivity contribution in [3.8, 4) is 28.7 Å². The van der Waals surface area contributed by atoms with Gasteiger partial charge < -0.3 is 49.2 Å². The summed E-state index contributed by atoms with van der Waals surface area (Å²) in [6, 6.07) is 6.37. The molecule has 0 bridgehead atoms.